The van der Waals surface area contributed by atoms with Gasteiger partial charge in [-0.25, -0.2) is 9.18 Å². The second-order valence-corrected chi connectivity index (χ2v) is 5.98. The first kappa shape index (κ1) is 21.0. The van der Waals surface area contributed by atoms with E-state index in [-0.39, 0.29) is 18.3 Å². The van der Waals surface area contributed by atoms with Crippen molar-refractivity contribution in [3.05, 3.63) is 53.8 Å². The molecule has 0 bridgehead atoms. The number of urea groups is 1. The summed E-state index contributed by atoms with van der Waals surface area (Å²) in [5, 5.41) is 8.06. The first-order chi connectivity index (χ1) is 13.4. The second kappa shape index (κ2) is 10.1. The Labute approximate surface area is 163 Å². The Morgan fingerprint density at radius 1 is 1.14 bits per heavy atom. The minimum absolute atomic E-state index is 0.0724. The van der Waals surface area contributed by atoms with Gasteiger partial charge in [0.25, 0.3) is 5.91 Å². The summed E-state index contributed by atoms with van der Waals surface area (Å²) in [7, 11) is 1.39. The van der Waals surface area contributed by atoms with E-state index < -0.39 is 17.9 Å². The van der Waals surface area contributed by atoms with Gasteiger partial charge in [-0.15, -0.1) is 0 Å². The molecule has 0 aliphatic rings. The van der Waals surface area contributed by atoms with E-state index in [1.165, 1.54) is 19.2 Å². The molecule has 0 aliphatic carbocycles. The highest BCUT2D eigenvalue weighted by Crippen LogP contribution is 2.22. The molecule has 0 aliphatic heterocycles. The van der Waals surface area contributed by atoms with Gasteiger partial charge in [-0.05, 0) is 55.8 Å². The first-order valence-corrected chi connectivity index (χ1v) is 8.83. The van der Waals surface area contributed by atoms with Gasteiger partial charge in [0.15, 0.2) is 18.2 Å². The van der Waals surface area contributed by atoms with Crippen molar-refractivity contribution in [1.82, 2.24) is 10.6 Å². The van der Waals surface area contributed by atoms with Gasteiger partial charge in [0.1, 0.15) is 5.75 Å². The maximum atomic E-state index is 13.8. The van der Waals surface area contributed by atoms with Gasteiger partial charge in [0.05, 0.1) is 13.2 Å². The van der Waals surface area contributed by atoms with E-state index in [1.54, 1.807) is 37.3 Å². The lowest BCUT2D eigenvalue weighted by atomic mass is 10.1. The van der Waals surface area contributed by atoms with Gasteiger partial charge in [0.2, 0.25) is 0 Å². The molecular weight excluding hydrogens is 365 g/mol. The van der Waals surface area contributed by atoms with Crippen LogP contribution in [0.3, 0.4) is 0 Å². The van der Waals surface area contributed by atoms with Crippen molar-refractivity contribution >= 4 is 17.6 Å². The Bertz CT molecular complexity index is 812. The first-order valence-electron chi connectivity index (χ1n) is 8.83. The molecular formula is C20H24FN3O4. The number of ether oxygens (including phenoxy) is 2. The molecule has 2 aromatic carbocycles. The Kier molecular flexibility index (Phi) is 7.62. The number of nitrogens with one attached hydrogen (secondary N) is 3. The van der Waals surface area contributed by atoms with Crippen LogP contribution >= 0.6 is 0 Å². The number of benzene rings is 2. The van der Waals surface area contributed by atoms with Gasteiger partial charge < -0.3 is 25.4 Å². The van der Waals surface area contributed by atoms with E-state index in [9.17, 15) is 14.0 Å². The predicted molar refractivity (Wildman–Crippen MR) is 104 cm³/mol. The average molecular weight is 389 g/mol. The van der Waals surface area contributed by atoms with E-state index in [1.807, 2.05) is 6.92 Å². The van der Waals surface area contributed by atoms with Crippen molar-refractivity contribution in [3.63, 3.8) is 0 Å². The molecule has 0 spiro atoms. The minimum Gasteiger partial charge on any atom is -0.494 e. The fraction of sp³-hybridized carbons (Fsp3) is 0.300. The van der Waals surface area contributed by atoms with Crippen LogP contribution in [0, 0.1) is 5.82 Å². The van der Waals surface area contributed by atoms with Crippen molar-refractivity contribution < 1.29 is 23.5 Å². The molecule has 3 N–H and O–H groups in total. The number of hydrogen-bond donors (Lipinski definition) is 3. The van der Waals surface area contributed by atoms with E-state index in [2.05, 4.69) is 16.0 Å². The molecule has 0 fully saturated rings. The largest absolute Gasteiger partial charge is 0.494 e. The number of carbonyl (C=O) groups excluding carboxylic acids is 2. The fourth-order valence-corrected chi connectivity index (χ4v) is 2.43. The van der Waals surface area contributed by atoms with Crippen LogP contribution in [0.25, 0.3) is 0 Å². The van der Waals surface area contributed by atoms with Gasteiger partial charge in [-0.2, -0.15) is 0 Å². The molecule has 0 saturated heterocycles. The van der Waals surface area contributed by atoms with Crippen LogP contribution < -0.4 is 25.4 Å². The summed E-state index contributed by atoms with van der Waals surface area (Å²) in [6, 6.07) is 10.3. The van der Waals surface area contributed by atoms with Crippen molar-refractivity contribution in [2.45, 2.75) is 19.9 Å². The van der Waals surface area contributed by atoms with Crippen LogP contribution in [0.1, 0.15) is 25.5 Å². The predicted octanol–water partition coefficient (Wildman–Crippen LogP) is 3.23. The monoisotopic (exact) mass is 389 g/mol. The summed E-state index contributed by atoms with van der Waals surface area (Å²) in [5.74, 6) is -0.0283. The Morgan fingerprint density at radius 2 is 1.86 bits per heavy atom. The van der Waals surface area contributed by atoms with E-state index in [0.29, 0.717) is 23.5 Å². The van der Waals surface area contributed by atoms with Crippen LogP contribution in [0.5, 0.6) is 11.5 Å². The number of likely N-dealkylation sites (N-methyl/N-ethyl adjacent to an activating group) is 1. The van der Waals surface area contributed by atoms with Crippen molar-refractivity contribution in [2.24, 2.45) is 0 Å². The highest BCUT2D eigenvalue weighted by atomic mass is 19.1. The molecule has 7 nitrogen and oxygen atoms in total. The van der Waals surface area contributed by atoms with Gasteiger partial charge in [0, 0.05) is 12.2 Å². The third-order valence-electron chi connectivity index (χ3n) is 3.88. The van der Waals surface area contributed by atoms with Crippen LogP contribution in [0.15, 0.2) is 42.5 Å². The molecule has 0 aromatic heterocycles. The summed E-state index contributed by atoms with van der Waals surface area (Å²) in [6.07, 6.45) is 0. The molecule has 0 heterocycles. The molecule has 8 heteroatoms. The zero-order valence-electron chi connectivity index (χ0n) is 16.0. The molecule has 0 saturated carbocycles. The van der Waals surface area contributed by atoms with Crippen molar-refractivity contribution in [3.8, 4) is 11.5 Å². The minimum atomic E-state index is -0.489. The molecule has 1 atom stereocenters. The number of amides is 3. The maximum Gasteiger partial charge on any atom is 0.319 e. The van der Waals surface area contributed by atoms with Gasteiger partial charge in [-0.1, -0.05) is 6.07 Å². The molecule has 2 aromatic rings. The molecule has 0 radical (unpaired) electrons. The van der Waals surface area contributed by atoms with Crippen molar-refractivity contribution in [1.29, 1.82) is 0 Å². The van der Waals surface area contributed by atoms with Crippen LogP contribution in [-0.4, -0.2) is 32.2 Å². The molecule has 150 valence electrons. The number of halogens is 1. The molecule has 3 amide bonds. The third kappa shape index (κ3) is 6.15. The number of carbonyl (C=O) groups is 2. The summed E-state index contributed by atoms with van der Waals surface area (Å²) in [4.78, 5) is 23.5. The smallest absolute Gasteiger partial charge is 0.319 e. The lowest BCUT2D eigenvalue weighted by Crippen LogP contribution is -2.31. The topological polar surface area (TPSA) is 88.7 Å². The molecule has 1 unspecified atom stereocenters. The SMILES string of the molecule is CCNC(=O)COc1ccc(NC(=O)NC(C)c2ccc(OC)c(F)c2)cc1. The standard InChI is InChI=1S/C20H24FN3O4/c1-4-22-19(25)12-28-16-8-6-15(7-9-16)24-20(26)23-13(2)14-5-10-18(27-3)17(21)11-14/h5-11,13H,4,12H2,1-3H3,(H,22,25)(H2,23,24,26). The highest BCUT2D eigenvalue weighted by Gasteiger charge is 2.12. The lowest BCUT2D eigenvalue weighted by molar-refractivity contribution is -0.122. The zero-order chi connectivity index (χ0) is 20.5. The Hall–Kier alpha value is -3.29. The van der Waals surface area contributed by atoms with E-state index >= 15 is 0 Å². The number of methoxy groups -OCH3 is 1. The molecule has 2 rings (SSSR count). The second-order valence-electron chi connectivity index (χ2n) is 5.98. The van der Waals surface area contributed by atoms with Crippen LogP contribution in [0.4, 0.5) is 14.9 Å². The molecule has 28 heavy (non-hydrogen) atoms. The fourth-order valence-electron chi connectivity index (χ4n) is 2.43. The number of rotatable bonds is 8. The third-order valence-corrected chi connectivity index (χ3v) is 3.88. The van der Waals surface area contributed by atoms with Crippen LogP contribution in [-0.2, 0) is 4.79 Å². The number of anilines is 1. The zero-order valence-corrected chi connectivity index (χ0v) is 16.0. The summed E-state index contributed by atoms with van der Waals surface area (Å²) < 4.78 is 24.0. The Morgan fingerprint density at radius 3 is 2.46 bits per heavy atom. The van der Waals surface area contributed by atoms with Gasteiger partial charge in [-0.3, -0.25) is 4.79 Å². The highest BCUT2D eigenvalue weighted by molar-refractivity contribution is 5.89. The average Bonchev–Trinajstić information content (AvgIpc) is 2.67. The van der Waals surface area contributed by atoms with E-state index in [0.717, 1.165) is 0 Å². The van der Waals surface area contributed by atoms with E-state index in [4.69, 9.17) is 9.47 Å². The lowest BCUT2D eigenvalue weighted by Gasteiger charge is -2.16. The number of hydrogen-bond acceptors (Lipinski definition) is 4. The Balaban J connectivity index is 1.86. The summed E-state index contributed by atoms with van der Waals surface area (Å²) in [6.45, 7) is 4.05. The van der Waals surface area contributed by atoms with Gasteiger partial charge >= 0.3 is 6.03 Å². The van der Waals surface area contributed by atoms with Crippen LogP contribution in [0.2, 0.25) is 0 Å². The normalized spacial score (nSPS) is 11.3. The maximum absolute atomic E-state index is 13.8. The summed E-state index contributed by atoms with van der Waals surface area (Å²) in [5.41, 5.74) is 1.17. The summed E-state index contributed by atoms with van der Waals surface area (Å²) >= 11 is 0. The quantitative estimate of drug-likeness (QED) is 0.647. The van der Waals surface area contributed by atoms with Crippen molar-refractivity contribution in [2.75, 3.05) is 25.6 Å².